The zero-order valence-corrected chi connectivity index (χ0v) is 7.75. The topological polar surface area (TPSA) is 0 Å². The Morgan fingerprint density at radius 1 is 1.00 bits per heavy atom. The van der Waals surface area contributed by atoms with Crippen LogP contribution in [0.1, 0.15) is 0 Å². The van der Waals surface area contributed by atoms with Gasteiger partial charge < -0.3 is 0 Å². The lowest BCUT2D eigenvalue weighted by molar-refractivity contribution is 1.90. The van der Waals surface area contributed by atoms with Gasteiger partial charge in [-0.1, -0.05) is 0 Å². The Morgan fingerprint density at radius 3 is 1.14 bits per heavy atom. The Labute approximate surface area is 66.8 Å². The van der Waals surface area contributed by atoms with Crippen LogP contribution in [0.2, 0.25) is 0 Å². The first kappa shape index (κ1) is 8.67. The summed E-state index contributed by atoms with van der Waals surface area (Å²) in [6.07, 6.45) is 0. The molecule has 0 atom stereocenters. The second-order valence-corrected chi connectivity index (χ2v) is 11.4. The van der Waals surface area contributed by atoms with Gasteiger partial charge >= 0.3 is 6.00 Å². The zero-order valence-electron chi connectivity index (χ0n) is 2.97. The highest BCUT2D eigenvalue weighted by Gasteiger charge is 2.33. The molecular formula is CHCl5Si. The van der Waals surface area contributed by atoms with Crippen LogP contribution in [0.4, 0.5) is 0 Å². The molecule has 0 bridgehead atoms. The van der Waals surface area contributed by atoms with E-state index in [9.17, 15) is 0 Å². The van der Waals surface area contributed by atoms with Crippen molar-refractivity contribution in [1.82, 2.24) is 0 Å². The van der Waals surface area contributed by atoms with Crippen molar-refractivity contribution in [3.05, 3.63) is 0 Å². The van der Waals surface area contributed by atoms with E-state index in [4.69, 9.17) is 56.4 Å². The Bertz CT molecular complexity index is 53.6. The zero-order chi connectivity index (χ0) is 6.08. The third-order valence-electron chi connectivity index (χ3n) is 0.247. The number of hydrogen-bond donors (Lipinski definition) is 0. The predicted molar refractivity (Wildman–Crippen MR) is 38.8 cm³/mol. The molecule has 0 fully saturated rings. The lowest BCUT2D eigenvalue weighted by Crippen LogP contribution is -2.19. The predicted octanol–water partition coefficient (Wildman–Crippen LogP) is 2.98. The van der Waals surface area contributed by atoms with E-state index in [0.29, 0.717) is 0 Å². The third kappa shape index (κ3) is 4.19. The summed E-state index contributed by atoms with van der Waals surface area (Å²) in [6, 6.07) is -2.79. The quantitative estimate of drug-likeness (QED) is 0.360. The summed E-state index contributed by atoms with van der Waals surface area (Å²) in [5, 5.41) is 0. The summed E-state index contributed by atoms with van der Waals surface area (Å²) in [7, 11) is 0. The van der Waals surface area contributed by atoms with Gasteiger partial charge in [0, 0.05) is 0 Å². The SMILES string of the molecule is ClC(Cl)[Si](Cl)(Cl)Cl. The molecule has 0 rings (SSSR count). The van der Waals surface area contributed by atoms with Crippen LogP contribution in [0.25, 0.3) is 0 Å². The Morgan fingerprint density at radius 2 is 1.14 bits per heavy atom. The van der Waals surface area contributed by atoms with Gasteiger partial charge in [0.2, 0.25) is 0 Å². The van der Waals surface area contributed by atoms with Crippen LogP contribution in [-0.4, -0.2) is 10.5 Å². The van der Waals surface area contributed by atoms with Crippen LogP contribution < -0.4 is 0 Å². The van der Waals surface area contributed by atoms with E-state index in [2.05, 4.69) is 0 Å². The van der Waals surface area contributed by atoms with Crippen LogP contribution in [0, 0.1) is 0 Å². The molecule has 0 aliphatic carbocycles. The summed E-state index contributed by atoms with van der Waals surface area (Å²) < 4.78 is -0.822. The van der Waals surface area contributed by atoms with Crippen molar-refractivity contribution in [2.24, 2.45) is 0 Å². The van der Waals surface area contributed by atoms with Gasteiger partial charge in [-0.2, -0.15) is 0 Å². The van der Waals surface area contributed by atoms with E-state index >= 15 is 0 Å². The maximum atomic E-state index is 5.27. The molecular weight excluding hydrogens is 217 g/mol. The van der Waals surface area contributed by atoms with Gasteiger partial charge in [-0.3, -0.25) is 0 Å². The first-order valence-corrected chi connectivity index (χ1v) is 7.28. The van der Waals surface area contributed by atoms with Gasteiger partial charge in [0.1, 0.15) is 4.46 Å². The van der Waals surface area contributed by atoms with Crippen molar-refractivity contribution in [2.75, 3.05) is 0 Å². The molecule has 0 aromatic carbocycles. The van der Waals surface area contributed by atoms with Crippen molar-refractivity contribution in [2.45, 2.75) is 4.46 Å². The molecule has 44 valence electrons. The van der Waals surface area contributed by atoms with Crippen LogP contribution >= 0.6 is 56.4 Å². The second-order valence-electron chi connectivity index (χ2n) is 0.842. The Hall–Kier alpha value is 1.67. The first-order chi connectivity index (χ1) is 2.94. The molecule has 0 spiro atoms. The monoisotopic (exact) mass is 216 g/mol. The summed E-state index contributed by atoms with van der Waals surface area (Å²) in [6.45, 7) is 0. The Balaban J connectivity index is 3.54. The summed E-state index contributed by atoms with van der Waals surface area (Å²) in [5.74, 6) is 0. The van der Waals surface area contributed by atoms with Crippen molar-refractivity contribution >= 4 is 62.4 Å². The van der Waals surface area contributed by atoms with Gasteiger partial charge in [0.25, 0.3) is 0 Å². The molecule has 6 heteroatoms. The maximum absolute atomic E-state index is 5.27. The van der Waals surface area contributed by atoms with Gasteiger partial charge in [0.05, 0.1) is 0 Å². The summed E-state index contributed by atoms with van der Waals surface area (Å²) in [5.41, 5.74) is 0. The molecule has 0 nitrogen and oxygen atoms in total. The number of hydrogen-bond acceptors (Lipinski definition) is 0. The van der Waals surface area contributed by atoms with E-state index in [1.165, 1.54) is 0 Å². The fourth-order valence-corrected chi connectivity index (χ4v) is 0. The van der Waals surface area contributed by atoms with E-state index in [0.717, 1.165) is 0 Å². The fraction of sp³-hybridized carbons (Fsp3) is 1.00. The minimum atomic E-state index is -2.79. The molecule has 0 aliphatic heterocycles. The standard InChI is InChI=1S/CHCl5Si/c2-1(3)7(4,5)6/h1H. The largest absolute Gasteiger partial charge is 0.373 e. The lowest BCUT2D eigenvalue weighted by Gasteiger charge is -2.05. The molecule has 0 unspecified atom stereocenters. The van der Waals surface area contributed by atoms with Gasteiger partial charge in [-0.25, -0.2) is 0 Å². The average Bonchev–Trinajstić information content (AvgIpc) is 1.31. The summed E-state index contributed by atoms with van der Waals surface area (Å²) in [4.78, 5) is 0. The second kappa shape index (κ2) is 2.99. The molecule has 7 heavy (non-hydrogen) atoms. The number of halogens is 5. The smallest absolute Gasteiger partial charge is 0.123 e. The van der Waals surface area contributed by atoms with Crippen LogP contribution in [0.15, 0.2) is 0 Å². The molecule has 0 N–H and O–H groups in total. The molecule has 0 heterocycles. The highest BCUT2D eigenvalue weighted by molar-refractivity contribution is 7.67. The van der Waals surface area contributed by atoms with Gasteiger partial charge in [0.15, 0.2) is 0 Å². The average molecular weight is 218 g/mol. The van der Waals surface area contributed by atoms with E-state index in [1.54, 1.807) is 0 Å². The molecule has 0 aromatic rings. The van der Waals surface area contributed by atoms with Crippen molar-refractivity contribution in [3.63, 3.8) is 0 Å². The van der Waals surface area contributed by atoms with Crippen LogP contribution in [0.3, 0.4) is 0 Å². The molecule has 0 amide bonds. The van der Waals surface area contributed by atoms with Gasteiger partial charge in [-0.15, -0.1) is 56.4 Å². The molecule has 0 radical (unpaired) electrons. The molecule has 0 saturated heterocycles. The van der Waals surface area contributed by atoms with Crippen molar-refractivity contribution in [1.29, 1.82) is 0 Å². The van der Waals surface area contributed by atoms with E-state index in [1.807, 2.05) is 0 Å². The van der Waals surface area contributed by atoms with Crippen LogP contribution in [0.5, 0.6) is 0 Å². The maximum Gasteiger partial charge on any atom is 0.373 e. The van der Waals surface area contributed by atoms with Crippen molar-refractivity contribution in [3.8, 4) is 0 Å². The first-order valence-electron chi connectivity index (χ1n) is 1.29. The number of alkyl halides is 2. The molecule has 0 saturated carbocycles. The molecule has 0 aromatic heterocycles. The third-order valence-corrected chi connectivity index (χ3v) is 6.68. The fourth-order valence-electron chi connectivity index (χ4n) is 0. The van der Waals surface area contributed by atoms with E-state index < -0.39 is 10.5 Å². The van der Waals surface area contributed by atoms with Crippen molar-refractivity contribution < 1.29 is 0 Å². The molecule has 0 aliphatic rings. The minimum Gasteiger partial charge on any atom is -0.123 e. The normalized spacial score (nSPS) is 12.9. The summed E-state index contributed by atoms with van der Waals surface area (Å²) >= 11 is 26.2. The number of rotatable bonds is 1. The lowest BCUT2D eigenvalue weighted by atomic mass is 11.9. The highest BCUT2D eigenvalue weighted by atomic mass is 35.8. The highest BCUT2D eigenvalue weighted by Crippen LogP contribution is 2.30. The minimum absolute atomic E-state index is 0.822. The Kier molecular flexibility index (Phi) is 3.71. The van der Waals surface area contributed by atoms with E-state index in [-0.39, 0.29) is 0 Å². The van der Waals surface area contributed by atoms with Crippen LogP contribution in [-0.2, 0) is 0 Å². The van der Waals surface area contributed by atoms with Gasteiger partial charge in [-0.05, 0) is 0 Å².